The third kappa shape index (κ3) is 6.67. The fourth-order valence-corrected chi connectivity index (χ4v) is 6.65. The molecule has 0 aromatic heterocycles. The first-order valence-corrected chi connectivity index (χ1v) is 14.9. The first kappa shape index (κ1) is 29.6. The van der Waals surface area contributed by atoms with Crippen molar-refractivity contribution in [2.75, 3.05) is 33.2 Å². The van der Waals surface area contributed by atoms with Crippen LogP contribution in [-0.2, 0) is 4.79 Å². The average molecular weight is 539 g/mol. The summed E-state index contributed by atoms with van der Waals surface area (Å²) >= 11 is 0. The van der Waals surface area contributed by atoms with Crippen molar-refractivity contribution < 1.29 is 14.7 Å². The maximum Gasteiger partial charge on any atom is 0.335 e. The van der Waals surface area contributed by atoms with Crippen molar-refractivity contribution in [1.29, 1.82) is 0 Å². The van der Waals surface area contributed by atoms with Crippen molar-refractivity contribution in [1.82, 2.24) is 14.7 Å². The van der Waals surface area contributed by atoms with Crippen LogP contribution in [0, 0.1) is 16.7 Å². The molecule has 2 aliphatic heterocycles. The molecule has 1 atom stereocenters. The Balaban J connectivity index is 1.74. The lowest BCUT2D eigenvalue weighted by molar-refractivity contribution is -0.134. The number of carbonyl (C=O) groups is 2. The summed E-state index contributed by atoms with van der Waals surface area (Å²) in [6.07, 6.45) is 6.64. The maximum absolute atomic E-state index is 14.5. The highest BCUT2D eigenvalue weighted by Crippen LogP contribution is 2.50. The number of nitrogens with zero attached hydrogens (tertiary/aromatic N) is 4. The summed E-state index contributed by atoms with van der Waals surface area (Å²) in [6.45, 7) is 17.3. The molecule has 39 heavy (non-hydrogen) atoms. The maximum atomic E-state index is 14.5. The van der Waals surface area contributed by atoms with Gasteiger partial charge in [0.15, 0.2) is 5.84 Å². The molecule has 216 valence electrons. The molecular weight excluding hydrogens is 488 g/mol. The Morgan fingerprint density at radius 3 is 2.23 bits per heavy atom. The number of amidine groups is 1. The van der Waals surface area contributed by atoms with E-state index in [0.29, 0.717) is 11.8 Å². The molecule has 1 N–H and O–H groups in total. The normalized spacial score (nSPS) is 26.1. The SMILES string of the molecule is CN1CCCN(C2=NC3(CCC(C(C)(C)C)CC3)N([C@H](CCC(C)(C)C)c3ccc(C(=O)O)cc3)C2=O)CC1. The van der Waals surface area contributed by atoms with E-state index in [-0.39, 0.29) is 28.3 Å². The Morgan fingerprint density at radius 2 is 1.67 bits per heavy atom. The van der Waals surface area contributed by atoms with Crippen LogP contribution in [0.3, 0.4) is 0 Å². The second kappa shape index (κ2) is 11.2. The number of carbonyl (C=O) groups excluding carboxylic acids is 1. The van der Waals surface area contributed by atoms with Crippen LogP contribution >= 0.6 is 0 Å². The monoisotopic (exact) mass is 538 g/mol. The standard InChI is InChI=1S/C32H50N4O3/c1-30(2,3)16-15-26(23-9-11-24(12-10-23)29(38)39)36-28(37)27(35-20-8-19-34(7)21-22-35)33-32(36)17-13-25(14-18-32)31(4,5)6/h9-12,25-26H,8,13-22H2,1-7H3,(H,38,39)/t25?,26-,32?/m1/s1. The minimum Gasteiger partial charge on any atom is -0.478 e. The molecular formula is C32H50N4O3. The lowest BCUT2D eigenvalue weighted by Crippen LogP contribution is -2.52. The zero-order valence-electron chi connectivity index (χ0n) is 25.3. The summed E-state index contributed by atoms with van der Waals surface area (Å²) in [5.41, 5.74) is 1.07. The number of amides is 1. The number of rotatable bonds is 5. The molecule has 0 radical (unpaired) electrons. The number of aliphatic imine (C=N–C) groups is 1. The Kier molecular flexibility index (Phi) is 8.51. The van der Waals surface area contributed by atoms with Gasteiger partial charge >= 0.3 is 5.97 Å². The molecule has 7 nitrogen and oxygen atoms in total. The van der Waals surface area contributed by atoms with E-state index in [1.165, 1.54) is 0 Å². The second-order valence-corrected chi connectivity index (χ2v) is 14.4. The van der Waals surface area contributed by atoms with Crippen molar-refractivity contribution in [3.8, 4) is 0 Å². The molecule has 7 heteroatoms. The fourth-order valence-electron chi connectivity index (χ4n) is 6.65. The zero-order chi connectivity index (χ0) is 28.6. The highest BCUT2D eigenvalue weighted by molar-refractivity contribution is 6.39. The van der Waals surface area contributed by atoms with Crippen molar-refractivity contribution in [3.05, 3.63) is 35.4 Å². The van der Waals surface area contributed by atoms with Gasteiger partial charge in [-0.05, 0) is 93.0 Å². The van der Waals surface area contributed by atoms with Crippen LogP contribution in [0.15, 0.2) is 29.3 Å². The van der Waals surface area contributed by atoms with Gasteiger partial charge in [0.1, 0.15) is 5.66 Å². The van der Waals surface area contributed by atoms with E-state index in [2.05, 4.69) is 63.3 Å². The number of hydrogen-bond acceptors (Lipinski definition) is 5. The van der Waals surface area contributed by atoms with Crippen molar-refractivity contribution in [2.24, 2.45) is 21.7 Å². The number of carboxylic acids is 1. The first-order chi connectivity index (χ1) is 18.2. The summed E-state index contributed by atoms with van der Waals surface area (Å²) in [5, 5.41) is 9.50. The number of aromatic carboxylic acids is 1. The summed E-state index contributed by atoms with van der Waals surface area (Å²) in [4.78, 5) is 38.2. The molecule has 4 rings (SSSR count). The van der Waals surface area contributed by atoms with Crippen LogP contribution in [0.4, 0.5) is 0 Å². The average Bonchev–Trinajstić information content (AvgIpc) is 2.98. The minimum atomic E-state index is -0.932. The number of carboxylic acid groups (broad SMARTS) is 1. The molecule has 3 aliphatic rings. The summed E-state index contributed by atoms with van der Waals surface area (Å²) in [5.74, 6) is 0.366. The lowest BCUT2D eigenvalue weighted by atomic mass is 9.69. The van der Waals surface area contributed by atoms with Gasteiger partial charge in [0, 0.05) is 19.6 Å². The molecule has 1 aromatic rings. The molecule has 1 spiro atoms. The van der Waals surface area contributed by atoms with Crippen LogP contribution in [0.2, 0.25) is 0 Å². The number of benzene rings is 1. The van der Waals surface area contributed by atoms with Crippen molar-refractivity contribution in [3.63, 3.8) is 0 Å². The van der Waals surface area contributed by atoms with Gasteiger partial charge < -0.3 is 19.8 Å². The van der Waals surface area contributed by atoms with E-state index in [9.17, 15) is 14.7 Å². The van der Waals surface area contributed by atoms with Crippen molar-refractivity contribution >= 4 is 17.7 Å². The van der Waals surface area contributed by atoms with Crippen LogP contribution in [-0.4, -0.2) is 76.4 Å². The van der Waals surface area contributed by atoms with Gasteiger partial charge in [-0.25, -0.2) is 9.79 Å². The van der Waals surface area contributed by atoms with Gasteiger partial charge in [-0.3, -0.25) is 4.79 Å². The summed E-state index contributed by atoms with van der Waals surface area (Å²) in [6, 6.07) is 7.03. The topological polar surface area (TPSA) is 76.4 Å². The van der Waals surface area contributed by atoms with Gasteiger partial charge in [0.05, 0.1) is 11.6 Å². The summed E-state index contributed by atoms with van der Waals surface area (Å²) in [7, 11) is 2.15. The Labute approximate surface area is 235 Å². The minimum absolute atomic E-state index is 0.0509. The highest BCUT2D eigenvalue weighted by atomic mass is 16.4. The van der Waals surface area contributed by atoms with Gasteiger partial charge in [-0.1, -0.05) is 53.7 Å². The zero-order valence-corrected chi connectivity index (χ0v) is 25.3. The van der Waals surface area contributed by atoms with Crippen LogP contribution < -0.4 is 0 Å². The molecule has 1 saturated carbocycles. The van der Waals surface area contributed by atoms with E-state index in [0.717, 1.165) is 76.7 Å². The lowest BCUT2D eigenvalue weighted by Gasteiger charge is -2.47. The first-order valence-electron chi connectivity index (χ1n) is 14.9. The second-order valence-electron chi connectivity index (χ2n) is 14.4. The third-order valence-electron chi connectivity index (χ3n) is 9.22. The quantitative estimate of drug-likeness (QED) is 0.493. The molecule has 0 unspecified atom stereocenters. The van der Waals surface area contributed by atoms with Gasteiger partial charge in [0.25, 0.3) is 5.91 Å². The van der Waals surface area contributed by atoms with Crippen molar-refractivity contribution in [2.45, 2.75) is 98.2 Å². The Morgan fingerprint density at radius 1 is 1.03 bits per heavy atom. The third-order valence-corrected chi connectivity index (χ3v) is 9.22. The Bertz CT molecular complexity index is 1060. The predicted octanol–water partition coefficient (Wildman–Crippen LogP) is 6.06. The molecule has 1 aromatic carbocycles. The molecule has 0 bridgehead atoms. The van der Waals surface area contributed by atoms with Crippen LogP contribution in [0.1, 0.15) is 108 Å². The summed E-state index contributed by atoms with van der Waals surface area (Å²) < 4.78 is 0. The van der Waals surface area contributed by atoms with E-state index < -0.39 is 11.6 Å². The van der Waals surface area contributed by atoms with E-state index >= 15 is 0 Å². The number of hydrogen-bond donors (Lipinski definition) is 1. The van der Waals surface area contributed by atoms with E-state index in [4.69, 9.17) is 4.99 Å². The molecule has 1 saturated heterocycles. The molecule has 1 aliphatic carbocycles. The largest absolute Gasteiger partial charge is 0.478 e. The van der Waals surface area contributed by atoms with Gasteiger partial charge in [0.2, 0.25) is 0 Å². The number of likely N-dealkylation sites (N-methyl/N-ethyl adjacent to an activating group) is 1. The van der Waals surface area contributed by atoms with Gasteiger partial charge in [-0.15, -0.1) is 0 Å². The van der Waals surface area contributed by atoms with Gasteiger partial charge in [-0.2, -0.15) is 0 Å². The smallest absolute Gasteiger partial charge is 0.335 e. The highest BCUT2D eigenvalue weighted by Gasteiger charge is 2.53. The van der Waals surface area contributed by atoms with E-state index in [1.807, 2.05) is 12.1 Å². The molecule has 1 amide bonds. The van der Waals surface area contributed by atoms with Crippen LogP contribution in [0.5, 0.6) is 0 Å². The van der Waals surface area contributed by atoms with E-state index in [1.54, 1.807) is 12.1 Å². The Hall–Kier alpha value is -2.41. The predicted molar refractivity (Wildman–Crippen MR) is 157 cm³/mol. The molecule has 2 heterocycles. The van der Waals surface area contributed by atoms with Crippen LogP contribution in [0.25, 0.3) is 0 Å². The fraction of sp³-hybridized carbons (Fsp3) is 0.719. The molecule has 2 fully saturated rings.